The molecule has 6 aromatic rings. The number of nitrogens with zero attached hydrogens (tertiary/aromatic N) is 4. The van der Waals surface area contributed by atoms with Crippen molar-refractivity contribution >= 4 is 21.8 Å². The van der Waals surface area contributed by atoms with E-state index in [0.29, 0.717) is 5.56 Å². The van der Waals surface area contributed by atoms with Crippen LogP contribution in [0.1, 0.15) is 5.56 Å². The smallest absolute Gasteiger partial charge is 0.131 e. The molecule has 0 saturated carbocycles. The molecule has 6 nitrogen and oxygen atoms in total. The van der Waals surface area contributed by atoms with Crippen molar-refractivity contribution in [2.24, 2.45) is 0 Å². The van der Waals surface area contributed by atoms with Crippen LogP contribution in [0.5, 0.6) is 0 Å². The first-order valence-corrected chi connectivity index (χ1v) is 10.2. The van der Waals surface area contributed by atoms with E-state index in [1.165, 1.54) is 6.07 Å². The van der Waals surface area contributed by atoms with E-state index >= 15 is 0 Å². The Hall–Kier alpha value is -4.39. The minimum Gasteiger partial charge on any atom is -0.352 e. The third-order valence-corrected chi connectivity index (χ3v) is 5.73. The maximum atomic E-state index is 14.5. The number of aryl methyl sites for hydroxylation is 1. The van der Waals surface area contributed by atoms with Gasteiger partial charge in [-0.15, -0.1) is 0 Å². The van der Waals surface area contributed by atoms with Crippen molar-refractivity contribution in [3.8, 4) is 33.8 Å². The summed E-state index contributed by atoms with van der Waals surface area (Å²) in [5.41, 5.74) is 7.38. The molecule has 5 heterocycles. The second-order valence-electron chi connectivity index (χ2n) is 7.69. The lowest BCUT2D eigenvalue weighted by Crippen LogP contribution is -1.88. The van der Waals surface area contributed by atoms with Crippen molar-refractivity contribution < 1.29 is 4.39 Å². The molecule has 0 atom stereocenters. The molecule has 7 heteroatoms. The van der Waals surface area contributed by atoms with Crippen molar-refractivity contribution in [1.82, 2.24) is 30.1 Å². The highest BCUT2D eigenvalue weighted by Crippen LogP contribution is 2.35. The van der Waals surface area contributed by atoms with E-state index in [0.717, 1.165) is 55.6 Å². The number of nitrogens with one attached hydrogen (secondary N) is 2. The number of benzene rings is 1. The maximum absolute atomic E-state index is 14.5. The largest absolute Gasteiger partial charge is 0.352 e. The summed E-state index contributed by atoms with van der Waals surface area (Å²) >= 11 is 0. The van der Waals surface area contributed by atoms with Crippen molar-refractivity contribution in [3.05, 3.63) is 84.8 Å². The highest BCUT2D eigenvalue weighted by molar-refractivity contribution is 6.01. The minimum absolute atomic E-state index is 0.280. The molecule has 0 radical (unpaired) electrons. The first kappa shape index (κ1) is 18.4. The van der Waals surface area contributed by atoms with Gasteiger partial charge in [0.2, 0.25) is 0 Å². The lowest BCUT2D eigenvalue weighted by atomic mass is 10.0. The SMILES string of the molecule is Cc1ccncc1-c1cc2c(-c3cc4c(-c5ccccc5F)cncc4[nH]3)n[nH]c2cn1. The predicted molar refractivity (Wildman–Crippen MR) is 122 cm³/mol. The number of H-pyrrole nitrogens is 2. The molecule has 6 rings (SSSR count). The Balaban J connectivity index is 1.53. The average molecular weight is 420 g/mol. The van der Waals surface area contributed by atoms with Gasteiger partial charge in [0, 0.05) is 46.1 Å². The van der Waals surface area contributed by atoms with Crippen LogP contribution in [0.2, 0.25) is 0 Å². The van der Waals surface area contributed by atoms with Crippen molar-refractivity contribution in [3.63, 3.8) is 0 Å². The van der Waals surface area contributed by atoms with E-state index < -0.39 is 0 Å². The lowest BCUT2D eigenvalue weighted by Gasteiger charge is -2.04. The highest BCUT2D eigenvalue weighted by atomic mass is 19.1. The van der Waals surface area contributed by atoms with E-state index in [4.69, 9.17) is 0 Å². The summed E-state index contributed by atoms with van der Waals surface area (Å²) in [7, 11) is 0. The molecule has 32 heavy (non-hydrogen) atoms. The molecular formula is C25H17FN6. The number of aromatic nitrogens is 6. The number of fused-ring (bicyclic) bond motifs is 2. The molecule has 0 aliphatic heterocycles. The molecular weight excluding hydrogens is 403 g/mol. The Bertz CT molecular complexity index is 1610. The zero-order valence-corrected chi connectivity index (χ0v) is 17.1. The average Bonchev–Trinajstić information content (AvgIpc) is 3.43. The number of hydrogen-bond acceptors (Lipinski definition) is 4. The highest BCUT2D eigenvalue weighted by Gasteiger charge is 2.16. The molecule has 0 spiro atoms. The van der Waals surface area contributed by atoms with Crippen LogP contribution in [-0.4, -0.2) is 30.1 Å². The normalized spacial score (nSPS) is 11.4. The van der Waals surface area contributed by atoms with Gasteiger partial charge in [-0.3, -0.25) is 20.1 Å². The summed E-state index contributed by atoms with van der Waals surface area (Å²) in [5, 5.41) is 9.41. The standard InChI is InChI=1S/C25H17FN6/c1-14-6-7-27-10-18(14)21-9-17-24(13-29-21)31-32-25(17)22-8-16-19(11-28-12-23(16)30-22)15-4-2-3-5-20(15)26/h2-13,30H,1H3,(H,31,32). The molecule has 0 unspecified atom stereocenters. The van der Waals surface area contributed by atoms with E-state index in [1.807, 2.05) is 37.4 Å². The number of aromatic amines is 2. The Morgan fingerprint density at radius 3 is 2.56 bits per heavy atom. The van der Waals surface area contributed by atoms with Gasteiger partial charge >= 0.3 is 0 Å². The molecule has 0 amide bonds. The summed E-state index contributed by atoms with van der Waals surface area (Å²) in [6, 6.07) is 12.7. The third-order valence-electron chi connectivity index (χ3n) is 5.73. The summed E-state index contributed by atoms with van der Waals surface area (Å²) in [4.78, 5) is 16.5. The van der Waals surface area contributed by atoms with E-state index in [2.05, 4.69) is 30.1 Å². The summed E-state index contributed by atoms with van der Waals surface area (Å²) in [6.45, 7) is 2.04. The van der Waals surface area contributed by atoms with Gasteiger partial charge in [-0.25, -0.2) is 4.39 Å². The number of halogens is 1. The summed E-state index contributed by atoms with van der Waals surface area (Å²) in [6.07, 6.45) is 8.80. The molecule has 0 saturated heterocycles. The van der Waals surface area contributed by atoms with Crippen LogP contribution in [0.15, 0.2) is 73.4 Å². The fourth-order valence-electron chi connectivity index (χ4n) is 4.07. The lowest BCUT2D eigenvalue weighted by molar-refractivity contribution is 0.631. The molecule has 154 valence electrons. The first-order valence-electron chi connectivity index (χ1n) is 10.2. The molecule has 1 aromatic carbocycles. The molecule has 2 N–H and O–H groups in total. The number of pyridine rings is 3. The topological polar surface area (TPSA) is 83.1 Å². The van der Waals surface area contributed by atoms with Gasteiger partial charge in [-0.05, 0) is 36.8 Å². The van der Waals surface area contributed by atoms with Gasteiger partial charge in [0.1, 0.15) is 11.5 Å². The van der Waals surface area contributed by atoms with Crippen LogP contribution >= 0.6 is 0 Å². The fourth-order valence-corrected chi connectivity index (χ4v) is 4.07. The monoisotopic (exact) mass is 420 g/mol. The Labute approximate surface area is 182 Å². The van der Waals surface area contributed by atoms with Crippen LogP contribution in [0, 0.1) is 12.7 Å². The van der Waals surface area contributed by atoms with E-state index in [-0.39, 0.29) is 5.82 Å². The maximum Gasteiger partial charge on any atom is 0.131 e. The summed E-state index contributed by atoms with van der Waals surface area (Å²) in [5.74, 6) is -0.280. The quantitative estimate of drug-likeness (QED) is 0.386. The minimum atomic E-state index is -0.280. The van der Waals surface area contributed by atoms with Crippen LogP contribution in [0.3, 0.4) is 0 Å². The third kappa shape index (κ3) is 2.86. The molecule has 0 fully saturated rings. The second-order valence-corrected chi connectivity index (χ2v) is 7.69. The van der Waals surface area contributed by atoms with Crippen molar-refractivity contribution in [2.75, 3.05) is 0 Å². The molecule has 0 aliphatic rings. The zero-order chi connectivity index (χ0) is 21.7. The van der Waals surface area contributed by atoms with Crippen LogP contribution in [0.25, 0.3) is 55.6 Å². The number of rotatable bonds is 3. The van der Waals surface area contributed by atoms with Gasteiger partial charge in [-0.1, -0.05) is 18.2 Å². The van der Waals surface area contributed by atoms with Gasteiger partial charge in [0.05, 0.1) is 34.8 Å². The van der Waals surface area contributed by atoms with Crippen LogP contribution in [0.4, 0.5) is 4.39 Å². The van der Waals surface area contributed by atoms with E-state index in [9.17, 15) is 4.39 Å². The Morgan fingerprint density at radius 2 is 1.69 bits per heavy atom. The second kappa shape index (κ2) is 7.09. The summed E-state index contributed by atoms with van der Waals surface area (Å²) < 4.78 is 14.5. The van der Waals surface area contributed by atoms with Crippen molar-refractivity contribution in [1.29, 1.82) is 0 Å². The van der Waals surface area contributed by atoms with Crippen molar-refractivity contribution in [2.45, 2.75) is 6.92 Å². The van der Waals surface area contributed by atoms with Crippen LogP contribution < -0.4 is 0 Å². The first-order chi connectivity index (χ1) is 15.7. The molecule has 0 bridgehead atoms. The van der Waals surface area contributed by atoms with Gasteiger partial charge in [0.25, 0.3) is 0 Å². The fraction of sp³-hybridized carbons (Fsp3) is 0.0400. The molecule has 0 aliphatic carbocycles. The predicted octanol–water partition coefficient (Wildman–Crippen LogP) is 5.68. The van der Waals surface area contributed by atoms with Gasteiger partial charge in [0.15, 0.2) is 0 Å². The Kier molecular flexibility index (Phi) is 4.07. The van der Waals surface area contributed by atoms with Crippen LogP contribution in [-0.2, 0) is 0 Å². The van der Waals surface area contributed by atoms with Gasteiger partial charge < -0.3 is 4.98 Å². The Morgan fingerprint density at radius 1 is 0.812 bits per heavy atom. The van der Waals surface area contributed by atoms with Gasteiger partial charge in [-0.2, -0.15) is 5.10 Å². The zero-order valence-electron chi connectivity index (χ0n) is 17.1. The van der Waals surface area contributed by atoms with E-state index in [1.54, 1.807) is 36.9 Å². The molecule has 5 aromatic heterocycles. The number of hydrogen-bond donors (Lipinski definition) is 2.